The van der Waals surface area contributed by atoms with Gasteiger partial charge in [0, 0.05) is 40.0 Å². The highest BCUT2D eigenvalue weighted by atomic mass is 35.5. The second-order valence-corrected chi connectivity index (χ2v) is 20.4. The van der Waals surface area contributed by atoms with E-state index in [1.807, 2.05) is 60.4 Å². The molecule has 54 heavy (non-hydrogen) atoms. The zero-order valence-electron chi connectivity index (χ0n) is 31.1. The number of ether oxygens (including phenoxy) is 1. The molecule has 0 radical (unpaired) electrons. The summed E-state index contributed by atoms with van der Waals surface area (Å²) in [6, 6.07) is 22.9. The Kier molecular flexibility index (Phi) is 9.65. The van der Waals surface area contributed by atoms with Gasteiger partial charge < -0.3 is 34.0 Å². The van der Waals surface area contributed by atoms with Crippen LogP contribution in [0.5, 0.6) is 0 Å². The predicted molar refractivity (Wildman–Crippen MR) is 210 cm³/mol. The molecular weight excluding hydrogens is 725 g/mol. The van der Waals surface area contributed by atoms with Gasteiger partial charge in [-0.2, -0.15) is 0 Å². The Morgan fingerprint density at radius 3 is 2.48 bits per heavy atom. The minimum Gasteiger partial charge on any atom is -0.394 e. The third-order valence-corrected chi connectivity index (χ3v) is 15.4. The molecule has 0 aromatic heterocycles. The molecule has 0 saturated carbocycles. The SMILES string of the molecule is C[C@H]1[C@H]([Si](C)(C)F)[C@@H](CC(=O)N2CCC[C@H]2CO)O[C@]12C(=O)N(Cc1cccc(N3CN(c4ccccc4)C4(CCNCC4)C3=O)c1)c1ccc(Cl)cc12. The molecule has 3 aromatic carbocycles. The van der Waals surface area contributed by atoms with Crippen molar-refractivity contribution in [2.45, 2.75) is 87.5 Å². The van der Waals surface area contributed by atoms with Crippen molar-refractivity contribution in [1.29, 1.82) is 0 Å². The summed E-state index contributed by atoms with van der Waals surface area (Å²) in [6.45, 7) is 7.63. The molecule has 3 aromatic rings. The quantitative estimate of drug-likeness (QED) is 0.215. The van der Waals surface area contributed by atoms with Gasteiger partial charge in [-0.3, -0.25) is 19.3 Å². The standard InChI is InChI=1S/C41H49ClFN5O5Si/c1-27-37(54(2,3)43)35(23-36(50)45-20-8-13-32(45)25-49)53-41(27)33-22-29(42)14-15-34(33)46(39(41)52)24-28-9-7-12-31(21-28)47-26-48(30-10-5-4-6-11-30)40(38(47)51)16-18-44-19-17-40/h4-7,9-12,14-15,21-22,27,32,35,37,44,49H,8,13,16-20,23-26H2,1-3H3/t27-,32-,35+,37-,41+/m0/s1. The molecule has 13 heteroatoms. The van der Waals surface area contributed by atoms with Crippen LogP contribution < -0.4 is 20.0 Å². The number of benzene rings is 3. The number of fused-ring (bicyclic) bond motifs is 2. The zero-order valence-corrected chi connectivity index (χ0v) is 32.9. The third-order valence-electron chi connectivity index (χ3n) is 12.7. The van der Waals surface area contributed by atoms with Gasteiger partial charge in [-0.25, -0.2) is 0 Å². The number of para-hydroxylation sites is 1. The van der Waals surface area contributed by atoms with Crippen molar-refractivity contribution in [2.24, 2.45) is 5.92 Å². The maximum absolute atomic E-state index is 16.4. The Labute approximate surface area is 322 Å². The van der Waals surface area contributed by atoms with Crippen LogP contribution in [-0.4, -0.2) is 86.7 Å². The highest BCUT2D eigenvalue weighted by molar-refractivity contribution is 6.72. The fourth-order valence-electron chi connectivity index (χ4n) is 10.2. The summed E-state index contributed by atoms with van der Waals surface area (Å²) in [4.78, 5) is 50.6. The first-order chi connectivity index (χ1) is 25.9. The number of aliphatic hydroxyl groups excluding tert-OH is 1. The topological polar surface area (TPSA) is 106 Å². The number of hydrogen-bond donors (Lipinski definition) is 2. The smallest absolute Gasteiger partial charge is 0.264 e. The fraction of sp³-hybridized carbons (Fsp3) is 0.488. The number of nitrogens with zero attached hydrogens (tertiary/aromatic N) is 4. The van der Waals surface area contributed by atoms with E-state index in [0.29, 0.717) is 42.3 Å². The molecule has 0 unspecified atom stereocenters. The molecule has 5 atom stereocenters. The van der Waals surface area contributed by atoms with Gasteiger partial charge in [-0.05, 0) is 99.9 Å². The van der Waals surface area contributed by atoms with Gasteiger partial charge in [0.15, 0.2) is 5.60 Å². The van der Waals surface area contributed by atoms with E-state index < -0.39 is 37.1 Å². The minimum atomic E-state index is -3.51. The van der Waals surface area contributed by atoms with Crippen molar-refractivity contribution >= 4 is 54.8 Å². The molecule has 0 bridgehead atoms. The van der Waals surface area contributed by atoms with E-state index in [2.05, 4.69) is 22.3 Å². The summed E-state index contributed by atoms with van der Waals surface area (Å²) in [6.07, 6.45) is 2.02. The molecule has 10 nitrogen and oxygen atoms in total. The van der Waals surface area contributed by atoms with Crippen molar-refractivity contribution in [3.05, 3.63) is 88.9 Å². The number of halogens is 2. The van der Waals surface area contributed by atoms with Crippen molar-refractivity contribution < 1.29 is 28.3 Å². The molecule has 5 heterocycles. The number of carbonyl (C=O) groups excluding carboxylic acids is 3. The number of nitrogens with one attached hydrogen (secondary N) is 1. The molecular formula is C41H49ClFN5O5Si. The number of amides is 3. The summed E-state index contributed by atoms with van der Waals surface area (Å²) in [5.74, 6) is -1.02. The Morgan fingerprint density at radius 1 is 1.02 bits per heavy atom. The summed E-state index contributed by atoms with van der Waals surface area (Å²) < 4.78 is 23.3. The molecule has 286 valence electrons. The van der Waals surface area contributed by atoms with E-state index in [4.69, 9.17) is 16.3 Å². The van der Waals surface area contributed by atoms with Crippen LogP contribution in [0.25, 0.3) is 0 Å². The molecule has 4 fully saturated rings. The van der Waals surface area contributed by atoms with E-state index in [9.17, 15) is 14.7 Å². The molecule has 2 spiro atoms. The van der Waals surface area contributed by atoms with Crippen molar-refractivity contribution in [3.63, 3.8) is 0 Å². The number of likely N-dealkylation sites (tertiary alicyclic amines) is 1. The Balaban J connectivity index is 1.11. The van der Waals surface area contributed by atoms with Gasteiger partial charge in [0.2, 0.25) is 14.3 Å². The second kappa shape index (κ2) is 14.0. The van der Waals surface area contributed by atoms with E-state index in [-0.39, 0.29) is 43.3 Å². The average Bonchev–Trinajstić information content (AvgIpc) is 3.88. The minimum absolute atomic E-state index is 0.0678. The van der Waals surface area contributed by atoms with Crippen LogP contribution in [0.4, 0.5) is 21.2 Å². The lowest BCUT2D eigenvalue weighted by Gasteiger charge is -2.39. The molecule has 8 rings (SSSR count). The maximum atomic E-state index is 16.4. The van der Waals surface area contributed by atoms with Crippen LogP contribution in [0.2, 0.25) is 23.7 Å². The van der Waals surface area contributed by atoms with Gasteiger partial charge in [0.1, 0.15) is 5.54 Å². The lowest BCUT2D eigenvalue weighted by molar-refractivity contribution is -0.150. The first-order valence-corrected chi connectivity index (χ1v) is 22.6. The number of piperidine rings is 1. The fourth-order valence-corrected chi connectivity index (χ4v) is 12.9. The Morgan fingerprint density at radius 2 is 1.76 bits per heavy atom. The number of anilines is 3. The van der Waals surface area contributed by atoms with Gasteiger partial charge in [-0.1, -0.05) is 48.9 Å². The number of carbonyl (C=O) groups is 3. The average molecular weight is 774 g/mol. The van der Waals surface area contributed by atoms with E-state index >= 15 is 8.90 Å². The summed E-state index contributed by atoms with van der Waals surface area (Å²) in [5.41, 5.74) is 0.964. The molecule has 5 aliphatic heterocycles. The molecule has 5 aliphatic rings. The number of aliphatic hydroxyl groups is 1. The van der Waals surface area contributed by atoms with Crippen LogP contribution in [0.3, 0.4) is 0 Å². The highest BCUT2D eigenvalue weighted by Gasteiger charge is 2.67. The Bertz CT molecular complexity index is 1940. The largest absolute Gasteiger partial charge is 0.394 e. The number of hydrogen-bond acceptors (Lipinski definition) is 7. The lowest BCUT2D eigenvalue weighted by Crippen LogP contribution is -2.55. The molecule has 4 saturated heterocycles. The first-order valence-electron chi connectivity index (χ1n) is 19.2. The first kappa shape index (κ1) is 37.1. The molecule has 2 N–H and O–H groups in total. The third kappa shape index (κ3) is 5.96. The highest BCUT2D eigenvalue weighted by Crippen LogP contribution is 2.60. The van der Waals surface area contributed by atoms with Crippen LogP contribution >= 0.6 is 11.6 Å². The summed E-state index contributed by atoms with van der Waals surface area (Å²) in [5, 5.41) is 13.7. The Hall–Kier alpha value is -3.81. The van der Waals surface area contributed by atoms with Crippen molar-refractivity contribution in [1.82, 2.24) is 10.2 Å². The van der Waals surface area contributed by atoms with Gasteiger partial charge in [0.25, 0.3) is 11.8 Å². The van der Waals surface area contributed by atoms with Gasteiger partial charge in [-0.15, -0.1) is 0 Å². The van der Waals surface area contributed by atoms with Crippen molar-refractivity contribution in [2.75, 3.05) is 47.6 Å². The van der Waals surface area contributed by atoms with Crippen LogP contribution in [0.15, 0.2) is 72.8 Å². The monoisotopic (exact) mass is 773 g/mol. The van der Waals surface area contributed by atoms with E-state index in [0.717, 1.165) is 42.9 Å². The van der Waals surface area contributed by atoms with Crippen molar-refractivity contribution in [3.8, 4) is 0 Å². The predicted octanol–water partition coefficient (Wildman–Crippen LogP) is 5.97. The van der Waals surface area contributed by atoms with Crippen LogP contribution in [0, 0.1) is 5.92 Å². The summed E-state index contributed by atoms with van der Waals surface area (Å²) in [7, 11) is -3.51. The number of rotatable bonds is 8. The zero-order chi connectivity index (χ0) is 38.0. The van der Waals surface area contributed by atoms with E-state index in [1.165, 1.54) is 0 Å². The molecule has 3 amide bonds. The lowest BCUT2D eigenvalue weighted by atomic mass is 9.82. The summed E-state index contributed by atoms with van der Waals surface area (Å²) >= 11 is 6.60. The molecule has 0 aliphatic carbocycles. The van der Waals surface area contributed by atoms with Crippen LogP contribution in [-0.2, 0) is 31.3 Å². The maximum Gasteiger partial charge on any atom is 0.264 e. The second-order valence-electron chi connectivity index (χ2n) is 16.2. The van der Waals surface area contributed by atoms with E-state index in [1.54, 1.807) is 35.0 Å². The normalized spacial score (nSPS) is 27.9. The van der Waals surface area contributed by atoms with Gasteiger partial charge in [0.05, 0.1) is 44.1 Å². The van der Waals surface area contributed by atoms with Gasteiger partial charge >= 0.3 is 0 Å². The van der Waals surface area contributed by atoms with Crippen LogP contribution in [0.1, 0.15) is 50.2 Å².